The summed E-state index contributed by atoms with van der Waals surface area (Å²) in [5.74, 6) is -0.0268. The number of hydrogen-bond acceptors (Lipinski definition) is 5. The summed E-state index contributed by atoms with van der Waals surface area (Å²) in [4.78, 5) is 37.1. The molecule has 1 aliphatic rings. The maximum atomic E-state index is 12.2. The van der Waals surface area contributed by atoms with Gasteiger partial charge in [-0.1, -0.05) is 23.2 Å². The number of halogens is 2. The van der Waals surface area contributed by atoms with E-state index in [2.05, 4.69) is 5.32 Å². The van der Waals surface area contributed by atoms with Gasteiger partial charge in [-0.05, 0) is 0 Å². The fourth-order valence-electron chi connectivity index (χ4n) is 2.56. The van der Waals surface area contributed by atoms with Gasteiger partial charge in [-0.2, -0.15) is 0 Å². The van der Waals surface area contributed by atoms with Crippen LogP contribution < -0.4 is 5.32 Å². The van der Waals surface area contributed by atoms with Crippen LogP contribution >= 0.6 is 23.2 Å². The number of nitro benzene ring substituents is 1. The zero-order chi connectivity index (χ0) is 18.6. The van der Waals surface area contributed by atoms with Gasteiger partial charge in [0.25, 0.3) is 5.69 Å². The molecule has 136 valence electrons. The predicted molar refractivity (Wildman–Crippen MR) is 95.1 cm³/mol. The van der Waals surface area contributed by atoms with E-state index >= 15 is 0 Å². The van der Waals surface area contributed by atoms with Gasteiger partial charge >= 0.3 is 0 Å². The van der Waals surface area contributed by atoms with Crippen LogP contribution in [0.2, 0.25) is 10.0 Å². The molecule has 1 aromatic rings. The predicted octanol–water partition coefficient (Wildman–Crippen LogP) is 2.39. The van der Waals surface area contributed by atoms with Crippen molar-refractivity contribution in [3.8, 4) is 0 Å². The number of piperazine rings is 1. The van der Waals surface area contributed by atoms with E-state index in [1.54, 1.807) is 9.80 Å². The van der Waals surface area contributed by atoms with Crippen molar-refractivity contribution in [1.29, 1.82) is 0 Å². The lowest BCUT2D eigenvalue weighted by molar-refractivity contribution is -0.384. The Morgan fingerprint density at radius 2 is 1.68 bits per heavy atom. The van der Waals surface area contributed by atoms with Gasteiger partial charge in [0.05, 0.1) is 20.7 Å². The molecule has 1 fully saturated rings. The van der Waals surface area contributed by atoms with Crippen LogP contribution in [0, 0.1) is 10.1 Å². The lowest BCUT2D eigenvalue weighted by atomic mass is 10.2. The maximum Gasteiger partial charge on any atom is 0.272 e. The summed E-state index contributed by atoms with van der Waals surface area (Å²) in [5, 5.41) is 14.0. The second-order valence-corrected chi connectivity index (χ2v) is 6.42. The third-order valence-corrected chi connectivity index (χ3v) is 4.55. The third kappa shape index (κ3) is 4.96. The van der Waals surface area contributed by atoms with Crippen molar-refractivity contribution in [3.63, 3.8) is 0 Å². The van der Waals surface area contributed by atoms with Crippen LogP contribution in [0.4, 0.5) is 11.4 Å². The zero-order valence-corrected chi connectivity index (χ0v) is 15.1. The van der Waals surface area contributed by atoms with Crippen LogP contribution in [0.25, 0.3) is 0 Å². The normalized spacial score (nSPS) is 14.4. The number of rotatable bonds is 5. The highest BCUT2D eigenvalue weighted by molar-refractivity contribution is 6.39. The van der Waals surface area contributed by atoms with Gasteiger partial charge in [-0.25, -0.2) is 0 Å². The van der Waals surface area contributed by atoms with Crippen LogP contribution in [-0.4, -0.2) is 59.3 Å². The minimum absolute atomic E-state index is 0.0104. The van der Waals surface area contributed by atoms with E-state index in [0.717, 1.165) is 0 Å². The number of nitro groups is 1. The van der Waals surface area contributed by atoms with E-state index in [9.17, 15) is 19.7 Å². The molecule has 0 atom stereocenters. The van der Waals surface area contributed by atoms with Crippen molar-refractivity contribution in [2.24, 2.45) is 0 Å². The molecule has 1 N–H and O–H groups in total. The number of carbonyl (C=O) groups is 2. The Kier molecular flexibility index (Phi) is 6.44. The largest absolute Gasteiger partial charge is 0.382 e. The molecule has 0 spiro atoms. The minimum Gasteiger partial charge on any atom is -0.382 e. The molecule has 1 aromatic carbocycles. The van der Waals surface area contributed by atoms with Gasteiger partial charge in [0, 0.05) is 58.2 Å². The monoisotopic (exact) mass is 388 g/mol. The van der Waals surface area contributed by atoms with Crippen molar-refractivity contribution >= 4 is 46.4 Å². The summed E-state index contributed by atoms with van der Waals surface area (Å²) in [6.07, 6.45) is 0.226. The highest BCUT2D eigenvalue weighted by Gasteiger charge is 2.22. The van der Waals surface area contributed by atoms with Crippen molar-refractivity contribution < 1.29 is 14.5 Å². The fourth-order valence-corrected chi connectivity index (χ4v) is 3.17. The van der Waals surface area contributed by atoms with Crippen LogP contribution in [0.15, 0.2) is 12.1 Å². The summed E-state index contributed by atoms with van der Waals surface area (Å²) >= 11 is 12.0. The molecule has 0 saturated carbocycles. The molecule has 0 bridgehead atoms. The molecule has 8 nitrogen and oxygen atoms in total. The molecular formula is C15H18Cl2N4O4. The molecule has 1 heterocycles. The van der Waals surface area contributed by atoms with Gasteiger partial charge in [0.2, 0.25) is 11.8 Å². The SMILES string of the molecule is CC(=O)N1CCN(C(=O)CCNc2c(Cl)cc([N+](=O)[O-])cc2Cl)CC1. The molecule has 1 saturated heterocycles. The Morgan fingerprint density at radius 1 is 1.16 bits per heavy atom. The molecule has 10 heteroatoms. The molecule has 0 unspecified atom stereocenters. The van der Waals surface area contributed by atoms with Crippen LogP contribution in [0.1, 0.15) is 13.3 Å². The number of anilines is 1. The van der Waals surface area contributed by atoms with Crippen molar-refractivity contribution in [2.75, 3.05) is 38.0 Å². The Balaban J connectivity index is 1.86. The summed E-state index contributed by atoms with van der Waals surface area (Å²) in [5.41, 5.74) is 0.170. The topological polar surface area (TPSA) is 95.8 Å². The van der Waals surface area contributed by atoms with E-state index in [0.29, 0.717) is 38.4 Å². The Hall–Kier alpha value is -2.06. The number of benzene rings is 1. The first-order valence-corrected chi connectivity index (χ1v) is 8.45. The quantitative estimate of drug-likeness (QED) is 0.616. The molecule has 2 rings (SSSR count). The zero-order valence-electron chi connectivity index (χ0n) is 13.6. The number of amides is 2. The molecule has 0 aliphatic carbocycles. The average Bonchev–Trinajstić information content (AvgIpc) is 2.56. The first-order valence-electron chi connectivity index (χ1n) is 7.70. The van der Waals surface area contributed by atoms with Crippen molar-refractivity contribution in [3.05, 3.63) is 32.3 Å². The van der Waals surface area contributed by atoms with Crippen LogP contribution in [0.5, 0.6) is 0 Å². The Bertz CT molecular complexity index is 667. The van der Waals surface area contributed by atoms with Gasteiger partial charge < -0.3 is 15.1 Å². The van der Waals surface area contributed by atoms with Gasteiger partial charge in [-0.15, -0.1) is 0 Å². The second kappa shape index (κ2) is 8.35. The van der Waals surface area contributed by atoms with E-state index in [1.807, 2.05) is 0 Å². The molecule has 1 aliphatic heterocycles. The van der Waals surface area contributed by atoms with Crippen molar-refractivity contribution in [2.45, 2.75) is 13.3 Å². The second-order valence-electron chi connectivity index (χ2n) is 5.61. The molecule has 0 aromatic heterocycles. The minimum atomic E-state index is -0.578. The molecular weight excluding hydrogens is 371 g/mol. The lowest BCUT2D eigenvalue weighted by Crippen LogP contribution is -2.50. The summed E-state index contributed by atoms with van der Waals surface area (Å²) < 4.78 is 0. The fraction of sp³-hybridized carbons (Fsp3) is 0.467. The van der Waals surface area contributed by atoms with Crippen LogP contribution in [0.3, 0.4) is 0 Å². The maximum absolute atomic E-state index is 12.2. The highest BCUT2D eigenvalue weighted by atomic mass is 35.5. The number of non-ortho nitro benzene ring substituents is 1. The highest BCUT2D eigenvalue weighted by Crippen LogP contribution is 2.34. The van der Waals surface area contributed by atoms with Gasteiger partial charge in [0.1, 0.15) is 0 Å². The van der Waals surface area contributed by atoms with Gasteiger partial charge in [0.15, 0.2) is 0 Å². The standard InChI is InChI=1S/C15H18Cl2N4O4/c1-10(22)19-4-6-20(7-5-19)14(23)2-3-18-15-12(16)8-11(21(24)25)9-13(15)17/h8-9,18H,2-7H2,1H3. The number of nitrogens with one attached hydrogen (secondary N) is 1. The van der Waals surface area contributed by atoms with Crippen LogP contribution in [-0.2, 0) is 9.59 Å². The number of nitrogens with zero attached hydrogens (tertiary/aromatic N) is 3. The smallest absolute Gasteiger partial charge is 0.272 e. The lowest BCUT2D eigenvalue weighted by Gasteiger charge is -2.34. The van der Waals surface area contributed by atoms with E-state index in [1.165, 1.54) is 19.1 Å². The molecule has 2 amide bonds. The number of hydrogen-bond donors (Lipinski definition) is 1. The molecule has 25 heavy (non-hydrogen) atoms. The third-order valence-electron chi connectivity index (χ3n) is 3.96. The van der Waals surface area contributed by atoms with Gasteiger partial charge in [-0.3, -0.25) is 19.7 Å². The first-order chi connectivity index (χ1) is 11.8. The Morgan fingerprint density at radius 3 is 2.16 bits per heavy atom. The summed E-state index contributed by atoms with van der Waals surface area (Å²) in [6, 6.07) is 2.41. The first kappa shape index (κ1) is 19.3. The molecule has 0 radical (unpaired) electrons. The van der Waals surface area contributed by atoms with E-state index in [4.69, 9.17) is 23.2 Å². The van der Waals surface area contributed by atoms with Crippen molar-refractivity contribution in [1.82, 2.24) is 9.80 Å². The summed E-state index contributed by atoms with van der Waals surface area (Å²) in [7, 11) is 0. The van der Waals surface area contributed by atoms with E-state index in [-0.39, 0.29) is 34.0 Å². The Labute approximate surface area is 154 Å². The number of carbonyl (C=O) groups excluding carboxylic acids is 2. The summed E-state index contributed by atoms with van der Waals surface area (Å²) in [6.45, 7) is 3.90. The average molecular weight is 389 g/mol. The van der Waals surface area contributed by atoms with E-state index < -0.39 is 4.92 Å².